The normalized spacial score (nSPS) is 23.9. The van der Waals surface area contributed by atoms with Gasteiger partial charge in [-0.1, -0.05) is 35.3 Å². The average Bonchev–Trinajstić information content (AvgIpc) is 3.11. The van der Waals surface area contributed by atoms with E-state index >= 15 is 0 Å². The van der Waals surface area contributed by atoms with Crippen LogP contribution >= 0.6 is 0 Å². The van der Waals surface area contributed by atoms with Crippen LogP contribution in [0.3, 0.4) is 0 Å². The van der Waals surface area contributed by atoms with Crippen molar-refractivity contribution < 1.29 is 19.3 Å². The van der Waals surface area contributed by atoms with E-state index in [1.54, 1.807) is 7.05 Å². The third kappa shape index (κ3) is 3.06. The first-order valence-corrected chi connectivity index (χ1v) is 9.45. The number of nitrogens with zero attached hydrogens (tertiary/aromatic N) is 5. The standard InChI is InChI=1S/C19H25N6O3/c1-22-16-15(17(27)23(2)19(22)28)25(12-14(26)13-6-4-3-5-7-13)18(21-16)24-10-8-20-9-11-24/h3-7,14-15,20,26H,8-12H2,1-2H3/q+1. The number of aliphatic hydroxyl groups is 1. The number of likely N-dealkylation sites (N-methyl/N-ethyl adjacent to an activating group) is 2. The Kier molecular flexibility index (Phi) is 4.86. The number of piperazine rings is 1. The molecular weight excluding hydrogens is 360 g/mol. The highest BCUT2D eigenvalue weighted by Gasteiger charge is 2.55. The Bertz CT molecular complexity index is 844. The van der Waals surface area contributed by atoms with Gasteiger partial charge in [0.2, 0.25) is 11.9 Å². The molecule has 1 aromatic carbocycles. The zero-order chi connectivity index (χ0) is 19.8. The van der Waals surface area contributed by atoms with Crippen molar-refractivity contribution in [1.82, 2.24) is 20.0 Å². The van der Waals surface area contributed by atoms with Crippen LogP contribution in [-0.4, -0.2) is 101 Å². The minimum absolute atomic E-state index is 0.211. The lowest BCUT2D eigenvalue weighted by Crippen LogP contribution is -2.63. The molecule has 0 aliphatic carbocycles. The third-order valence-electron chi connectivity index (χ3n) is 5.46. The molecule has 2 N–H and O–H groups in total. The summed E-state index contributed by atoms with van der Waals surface area (Å²) >= 11 is 0. The predicted molar refractivity (Wildman–Crippen MR) is 103 cm³/mol. The topological polar surface area (TPSA) is 91.5 Å². The summed E-state index contributed by atoms with van der Waals surface area (Å²) in [7, 11) is 3.11. The number of β-amino-alcohol motifs (C(OH)–C–C–N with tert-alkyl or cyclic N) is 1. The highest BCUT2D eigenvalue weighted by Crippen LogP contribution is 2.26. The number of amides is 3. The summed E-state index contributed by atoms with van der Waals surface area (Å²) in [4.78, 5) is 34.4. The lowest BCUT2D eigenvalue weighted by atomic mass is 10.1. The quantitative estimate of drug-likeness (QED) is 0.672. The van der Waals surface area contributed by atoms with Crippen molar-refractivity contribution >= 4 is 23.7 Å². The van der Waals surface area contributed by atoms with Gasteiger partial charge in [0.15, 0.2) is 0 Å². The molecule has 148 valence electrons. The van der Waals surface area contributed by atoms with Crippen molar-refractivity contribution in [1.29, 1.82) is 0 Å². The van der Waals surface area contributed by atoms with Crippen LogP contribution in [0.4, 0.5) is 4.79 Å². The fourth-order valence-corrected chi connectivity index (χ4v) is 3.86. The molecule has 2 fully saturated rings. The van der Waals surface area contributed by atoms with E-state index in [0.29, 0.717) is 11.8 Å². The number of urea groups is 1. The number of aliphatic hydroxyl groups excluding tert-OH is 1. The summed E-state index contributed by atoms with van der Waals surface area (Å²) in [5, 5.41) is 14.1. The molecule has 0 bridgehead atoms. The number of amidine groups is 1. The van der Waals surface area contributed by atoms with E-state index in [-0.39, 0.29) is 12.5 Å². The first-order chi connectivity index (χ1) is 13.5. The SMILES string of the molecule is CN1C(=O)C2C(=NC(=[N+]3CCNCC3)N2CC(O)c2ccccc2)N(C)C1=O. The number of nitrogens with one attached hydrogen (secondary N) is 1. The second-order valence-electron chi connectivity index (χ2n) is 7.23. The maximum Gasteiger partial charge on any atom is 0.392 e. The van der Waals surface area contributed by atoms with Crippen LogP contribution in [0.2, 0.25) is 0 Å². The molecule has 2 saturated heterocycles. The summed E-state index contributed by atoms with van der Waals surface area (Å²) in [6.45, 7) is 3.34. The molecule has 0 spiro atoms. The maximum atomic E-state index is 12.9. The Balaban J connectivity index is 1.72. The molecule has 3 aliphatic heterocycles. The largest absolute Gasteiger partial charge is 0.392 e. The fourth-order valence-electron chi connectivity index (χ4n) is 3.86. The number of fused-ring (bicyclic) bond motifs is 1. The summed E-state index contributed by atoms with van der Waals surface area (Å²) in [5.74, 6) is 0.730. The first kappa shape index (κ1) is 18.6. The molecule has 3 amide bonds. The van der Waals surface area contributed by atoms with Gasteiger partial charge < -0.3 is 10.4 Å². The number of carbonyl (C=O) groups is 2. The monoisotopic (exact) mass is 385 g/mol. The van der Waals surface area contributed by atoms with E-state index in [0.717, 1.165) is 36.6 Å². The molecule has 0 radical (unpaired) electrons. The molecule has 4 rings (SSSR count). The fraction of sp³-hybridized carbons (Fsp3) is 0.474. The van der Waals surface area contributed by atoms with Gasteiger partial charge in [0.05, 0.1) is 19.6 Å². The maximum absolute atomic E-state index is 12.9. The Morgan fingerprint density at radius 1 is 1.18 bits per heavy atom. The summed E-state index contributed by atoms with van der Waals surface area (Å²) in [5.41, 5.74) is 0.775. The van der Waals surface area contributed by atoms with Gasteiger partial charge in [-0.3, -0.25) is 19.2 Å². The van der Waals surface area contributed by atoms with Gasteiger partial charge in [0, 0.05) is 27.2 Å². The van der Waals surface area contributed by atoms with E-state index in [9.17, 15) is 14.7 Å². The van der Waals surface area contributed by atoms with Gasteiger partial charge in [0.1, 0.15) is 6.10 Å². The molecule has 3 heterocycles. The van der Waals surface area contributed by atoms with Gasteiger partial charge in [-0.05, 0) is 5.56 Å². The number of carbonyl (C=O) groups excluding carboxylic acids is 2. The van der Waals surface area contributed by atoms with Gasteiger partial charge in [-0.15, -0.1) is 0 Å². The van der Waals surface area contributed by atoms with Crippen LogP contribution < -0.4 is 5.32 Å². The highest BCUT2D eigenvalue weighted by atomic mass is 16.3. The van der Waals surface area contributed by atoms with Crippen LogP contribution in [-0.2, 0) is 4.79 Å². The molecule has 2 unspecified atom stereocenters. The van der Waals surface area contributed by atoms with Crippen molar-refractivity contribution in [3.63, 3.8) is 0 Å². The summed E-state index contributed by atoms with van der Waals surface area (Å²) in [6.07, 6.45) is -0.783. The molecule has 2 atom stereocenters. The van der Waals surface area contributed by atoms with Crippen molar-refractivity contribution in [2.75, 3.05) is 46.8 Å². The number of imide groups is 1. The predicted octanol–water partition coefficient (Wildman–Crippen LogP) is -0.702. The molecule has 0 aromatic heterocycles. The Labute approximate surface area is 163 Å². The zero-order valence-electron chi connectivity index (χ0n) is 16.1. The van der Waals surface area contributed by atoms with Crippen molar-refractivity contribution in [2.45, 2.75) is 12.1 Å². The highest BCUT2D eigenvalue weighted by molar-refractivity contribution is 6.25. The molecule has 9 heteroatoms. The van der Waals surface area contributed by atoms with Crippen LogP contribution in [0, 0.1) is 0 Å². The molecule has 3 aliphatic rings. The number of rotatable bonds is 3. The van der Waals surface area contributed by atoms with Crippen LogP contribution in [0.5, 0.6) is 0 Å². The lowest BCUT2D eigenvalue weighted by molar-refractivity contribution is -0.537. The molecule has 1 aromatic rings. The van der Waals surface area contributed by atoms with E-state index in [2.05, 4.69) is 14.9 Å². The van der Waals surface area contributed by atoms with E-state index in [1.807, 2.05) is 35.2 Å². The van der Waals surface area contributed by atoms with Gasteiger partial charge in [-0.2, -0.15) is 0 Å². The lowest BCUT2D eigenvalue weighted by Gasteiger charge is -2.33. The number of hydrogen-bond acceptors (Lipinski definition) is 4. The molecular formula is C19H25N6O3+. The minimum atomic E-state index is -0.783. The van der Waals surface area contributed by atoms with Gasteiger partial charge in [0.25, 0.3) is 5.91 Å². The van der Waals surface area contributed by atoms with Crippen LogP contribution in [0.1, 0.15) is 11.7 Å². The molecule has 0 saturated carbocycles. The Hall–Kier alpha value is -2.78. The number of guanidine groups is 1. The van der Waals surface area contributed by atoms with Gasteiger partial charge in [-0.25, -0.2) is 9.69 Å². The zero-order valence-corrected chi connectivity index (χ0v) is 16.1. The Morgan fingerprint density at radius 3 is 2.54 bits per heavy atom. The van der Waals surface area contributed by atoms with Crippen molar-refractivity contribution in [3.8, 4) is 0 Å². The summed E-state index contributed by atoms with van der Waals surface area (Å²) < 4.78 is 2.10. The number of aliphatic imine (C=N–C) groups is 1. The summed E-state index contributed by atoms with van der Waals surface area (Å²) in [6, 6.07) is 8.25. The molecule has 28 heavy (non-hydrogen) atoms. The van der Waals surface area contributed by atoms with Crippen molar-refractivity contribution in [3.05, 3.63) is 35.9 Å². The smallest absolute Gasteiger partial charge is 0.385 e. The average molecular weight is 385 g/mol. The second kappa shape index (κ2) is 7.33. The van der Waals surface area contributed by atoms with Crippen LogP contribution in [0.25, 0.3) is 0 Å². The van der Waals surface area contributed by atoms with Crippen molar-refractivity contribution in [2.24, 2.45) is 4.99 Å². The molecule has 9 nitrogen and oxygen atoms in total. The van der Waals surface area contributed by atoms with E-state index < -0.39 is 18.2 Å². The first-order valence-electron chi connectivity index (χ1n) is 9.45. The Morgan fingerprint density at radius 2 is 1.86 bits per heavy atom. The number of hydrogen-bond donors (Lipinski definition) is 2. The van der Waals surface area contributed by atoms with Crippen LogP contribution in [0.15, 0.2) is 35.3 Å². The second-order valence-corrected chi connectivity index (χ2v) is 7.23. The third-order valence-corrected chi connectivity index (χ3v) is 5.46. The number of benzene rings is 1. The van der Waals surface area contributed by atoms with Gasteiger partial charge >= 0.3 is 12.0 Å². The minimum Gasteiger partial charge on any atom is -0.385 e. The van der Waals surface area contributed by atoms with E-state index in [1.165, 1.54) is 11.9 Å². The van der Waals surface area contributed by atoms with E-state index in [4.69, 9.17) is 0 Å².